The van der Waals surface area contributed by atoms with Crippen LogP contribution in [0.15, 0.2) is 24.3 Å². The van der Waals surface area contributed by atoms with Crippen LogP contribution in [-0.4, -0.2) is 19.0 Å². The molecule has 138 valence electrons. The van der Waals surface area contributed by atoms with Crippen LogP contribution in [0.4, 0.5) is 0 Å². The van der Waals surface area contributed by atoms with Crippen molar-refractivity contribution in [1.82, 2.24) is 10.6 Å². The highest BCUT2D eigenvalue weighted by atomic mass is 35.5. The molecular weight excluding hydrogens is 355 g/mol. The summed E-state index contributed by atoms with van der Waals surface area (Å²) in [5.41, 5.74) is 1.34. The van der Waals surface area contributed by atoms with Crippen LogP contribution in [0.2, 0.25) is 5.02 Å². The van der Waals surface area contributed by atoms with Gasteiger partial charge in [0, 0.05) is 10.9 Å². The van der Waals surface area contributed by atoms with Crippen molar-refractivity contribution in [2.24, 2.45) is 11.3 Å². The second-order valence-corrected chi connectivity index (χ2v) is 8.44. The molecule has 1 heterocycles. The molecule has 2 aliphatic carbocycles. The molecule has 3 aliphatic rings. The Hall–Kier alpha value is -0.770. The maximum absolute atomic E-state index is 13.0. The van der Waals surface area contributed by atoms with Crippen LogP contribution in [0.3, 0.4) is 0 Å². The van der Waals surface area contributed by atoms with Gasteiger partial charge in [-0.25, -0.2) is 0 Å². The number of carbonyl (C=O) groups is 1. The Balaban J connectivity index is 0.00000182. The smallest absolute Gasteiger partial charge is 0.224 e. The zero-order valence-corrected chi connectivity index (χ0v) is 16.2. The molecular formula is C20H28Cl2N2O. The van der Waals surface area contributed by atoms with E-state index < -0.39 is 0 Å². The predicted molar refractivity (Wildman–Crippen MR) is 104 cm³/mol. The summed E-state index contributed by atoms with van der Waals surface area (Å²) in [6.07, 6.45) is 9.11. The summed E-state index contributed by atoms with van der Waals surface area (Å²) in [4.78, 5) is 13.0. The van der Waals surface area contributed by atoms with E-state index in [1.165, 1.54) is 24.8 Å². The number of piperidine rings is 1. The first-order chi connectivity index (χ1) is 11.6. The number of rotatable bonds is 3. The first-order valence-corrected chi connectivity index (χ1v) is 9.80. The van der Waals surface area contributed by atoms with Crippen molar-refractivity contribution in [2.45, 2.75) is 56.9 Å². The Morgan fingerprint density at radius 2 is 1.68 bits per heavy atom. The summed E-state index contributed by atoms with van der Waals surface area (Å²) in [5, 5.41) is 7.67. The Kier molecular flexibility index (Phi) is 5.67. The first-order valence-electron chi connectivity index (χ1n) is 9.42. The Bertz CT molecular complexity index is 605. The molecule has 4 rings (SSSR count). The maximum atomic E-state index is 13.0. The molecule has 2 N–H and O–H groups in total. The van der Waals surface area contributed by atoms with Gasteiger partial charge in [0.05, 0.1) is 5.54 Å². The third-order valence-electron chi connectivity index (χ3n) is 6.57. The average Bonchev–Trinajstić information content (AvgIpc) is 3.30. The minimum atomic E-state index is -0.184. The summed E-state index contributed by atoms with van der Waals surface area (Å²) in [5.74, 6) is 0.513. The van der Waals surface area contributed by atoms with Crippen LogP contribution >= 0.6 is 24.0 Å². The van der Waals surface area contributed by atoms with Crippen molar-refractivity contribution >= 4 is 29.9 Å². The van der Waals surface area contributed by atoms with E-state index in [9.17, 15) is 4.79 Å². The lowest BCUT2D eigenvalue weighted by Crippen LogP contribution is -2.48. The van der Waals surface area contributed by atoms with E-state index in [0.29, 0.717) is 5.41 Å². The highest BCUT2D eigenvalue weighted by Crippen LogP contribution is 2.59. The maximum Gasteiger partial charge on any atom is 0.224 e. The fourth-order valence-corrected chi connectivity index (χ4v) is 5.05. The Morgan fingerprint density at radius 1 is 1.04 bits per heavy atom. The van der Waals surface area contributed by atoms with E-state index in [0.717, 1.165) is 50.2 Å². The van der Waals surface area contributed by atoms with E-state index in [4.69, 9.17) is 11.6 Å². The van der Waals surface area contributed by atoms with Gasteiger partial charge in [-0.3, -0.25) is 4.79 Å². The summed E-state index contributed by atoms with van der Waals surface area (Å²) in [6.45, 7) is 2.12. The molecule has 3 nitrogen and oxygen atoms in total. The fourth-order valence-electron chi connectivity index (χ4n) is 4.93. The van der Waals surface area contributed by atoms with Crippen LogP contribution in [-0.2, 0) is 10.3 Å². The van der Waals surface area contributed by atoms with Gasteiger partial charge in [-0.1, -0.05) is 43.0 Å². The molecule has 1 aliphatic heterocycles. The highest BCUT2D eigenvalue weighted by molar-refractivity contribution is 6.30. The second-order valence-electron chi connectivity index (χ2n) is 8.01. The van der Waals surface area contributed by atoms with Crippen LogP contribution in [0.5, 0.6) is 0 Å². The fraction of sp³-hybridized carbons (Fsp3) is 0.650. The van der Waals surface area contributed by atoms with Crippen molar-refractivity contribution in [3.63, 3.8) is 0 Å². The van der Waals surface area contributed by atoms with Gasteiger partial charge >= 0.3 is 0 Å². The summed E-state index contributed by atoms with van der Waals surface area (Å²) >= 11 is 6.07. The second kappa shape index (κ2) is 7.46. The van der Waals surface area contributed by atoms with Gasteiger partial charge in [0.15, 0.2) is 0 Å². The zero-order chi connectivity index (χ0) is 16.6. The number of nitrogens with one attached hydrogen (secondary N) is 2. The number of amides is 1. The molecule has 2 saturated carbocycles. The van der Waals surface area contributed by atoms with Gasteiger partial charge in [-0.05, 0) is 68.3 Å². The average molecular weight is 383 g/mol. The minimum Gasteiger partial charge on any atom is -0.346 e. The van der Waals surface area contributed by atoms with Gasteiger partial charge in [0.2, 0.25) is 5.91 Å². The van der Waals surface area contributed by atoms with Gasteiger partial charge in [0.25, 0.3) is 0 Å². The third kappa shape index (κ3) is 3.70. The van der Waals surface area contributed by atoms with Gasteiger partial charge in [0.1, 0.15) is 0 Å². The van der Waals surface area contributed by atoms with Crippen molar-refractivity contribution < 1.29 is 4.79 Å². The lowest BCUT2D eigenvalue weighted by molar-refractivity contribution is -0.125. The lowest BCUT2D eigenvalue weighted by Gasteiger charge is -2.39. The van der Waals surface area contributed by atoms with Gasteiger partial charge in [-0.2, -0.15) is 0 Å². The molecule has 25 heavy (non-hydrogen) atoms. The largest absolute Gasteiger partial charge is 0.346 e. The number of hydrogen-bond acceptors (Lipinski definition) is 2. The lowest BCUT2D eigenvalue weighted by atomic mass is 9.76. The highest BCUT2D eigenvalue weighted by Gasteiger charge is 2.58. The molecule has 0 aromatic heterocycles. The van der Waals surface area contributed by atoms with Crippen LogP contribution in [0.1, 0.15) is 56.9 Å². The summed E-state index contributed by atoms with van der Waals surface area (Å²) in [6, 6.07) is 8.10. The number of hydrogen-bond donors (Lipinski definition) is 2. The molecule has 0 bridgehead atoms. The standard InChI is InChI=1S/C20H27ClN2O.ClH/c21-16-6-4-15(5-7-16)20(8-2-1-3-9-20)23-18(24)17-14-19(17)10-12-22-13-11-19;/h4-7,17,22H,1-3,8-14H2,(H,23,24);1H. The first kappa shape index (κ1) is 19.0. The van der Waals surface area contributed by atoms with Gasteiger partial charge < -0.3 is 10.6 Å². The molecule has 1 unspecified atom stereocenters. The minimum absolute atomic E-state index is 0. The molecule has 1 saturated heterocycles. The zero-order valence-electron chi connectivity index (χ0n) is 14.7. The van der Waals surface area contributed by atoms with Gasteiger partial charge in [-0.15, -0.1) is 12.4 Å². The van der Waals surface area contributed by atoms with E-state index in [1.54, 1.807) is 0 Å². The Morgan fingerprint density at radius 3 is 2.32 bits per heavy atom. The van der Waals surface area contributed by atoms with Crippen LogP contribution < -0.4 is 10.6 Å². The van der Waals surface area contributed by atoms with Crippen molar-refractivity contribution in [2.75, 3.05) is 13.1 Å². The topological polar surface area (TPSA) is 41.1 Å². The quantitative estimate of drug-likeness (QED) is 0.811. The summed E-state index contributed by atoms with van der Waals surface area (Å²) in [7, 11) is 0. The predicted octanol–water partition coefficient (Wildman–Crippen LogP) is 4.43. The molecule has 1 aromatic carbocycles. The van der Waals surface area contributed by atoms with Crippen LogP contribution in [0.25, 0.3) is 0 Å². The Labute approximate surface area is 161 Å². The van der Waals surface area contributed by atoms with Crippen molar-refractivity contribution in [1.29, 1.82) is 0 Å². The molecule has 1 atom stereocenters. The van der Waals surface area contributed by atoms with E-state index >= 15 is 0 Å². The number of carbonyl (C=O) groups excluding carboxylic acids is 1. The molecule has 1 aromatic rings. The molecule has 5 heteroatoms. The molecule has 1 amide bonds. The number of benzene rings is 1. The van der Waals surface area contributed by atoms with E-state index in [2.05, 4.69) is 22.8 Å². The van der Waals surface area contributed by atoms with Crippen molar-refractivity contribution in [3.05, 3.63) is 34.9 Å². The monoisotopic (exact) mass is 382 g/mol. The molecule has 1 spiro atoms. The number of halogens is 2. The molecule has 3 fully saturated rings. The molecule has 0 radical (unpaired) electrons. The van der Waals surface area contributed by atoms with E-state index in [-0.39, 0.29) is 29.8 Å². The normalized spacial score (nSPS) is 26.5. The van der Waals surface area contributed by atoms with Crippen LogP contribution in [0, 0.1) is 11.3 Å². The SMILES string of the molecule is Cl.O=C(NC1(c2ccc(Cl)cc2)CCCCC1)C1CC12CCNCC2. The van der Waals surface area contributed by atoms with Crippen molar-refractivity contribution in [3.8, 4) is 0 Å². The summed E-state index contributed by atoms with van der Waals surface area (Å²) < 4.78 is 0. The van der Waals surface area contributed by atoms with E-state index in [1.807, 2.05) is 12.1 Å². The third-order valence-corrected chi connectivity index (χ3v) is 6.82.